The van der Waals surface area contributed by atoms with E-state index in [1.165, 1.54) is 0 Å². The van der Waals surface area contributed by atoms with Crippen LogP contribution >= 0.6 is 0 Å². The fourth-order valence-corrected chi connectivity index (χ4v) is 4.09. The first-order valence-electron chi connectivity index (χ1n) is 11.0. The molecule has 2 aliphatic rings. The van der Waals surface area contributed by atoms with Gasteiger partial charge in [-0.25, -0.2) is 4.98 Å². The van der Waals surface area contributed by atoms with Crippen molar-refractivity contribution in [2.75, 3.05) is 36.4 Å². The number of rotatable bonds is 6. The van der Waals surface area contributed by atoms with Crippen molar-refractivity contribution in [1.29, 1.82) is 0 Å². The molecule has 1 atom stereocenters. The van der Waals surface area contributed by atoms with Crippen molar-refractivity contribution in [2.24, 2.45) is 5.92 Å². The first-order chi connectivity index (χ1) is 14.7. The van der Waals surface area contributed by atoms with Crippen molar-refractivity contribution in [1.82, 2.24) is 9.88 Å². The fraction of sp³-hybridized carbons (Fsp3) is 0.458. The quantitative estimate of drug-likeness (QED) is 0.795. The number of nitrogens with zero attached hydrogens (tertiary/aromatic N) is 3. The molecule has 1 saturated carbocycles. The smallest absolute Gasteiger partial charge is 0.231 e. The minimum Gasteiger partial charge on any atom is -0.355 e. The van der Waals surface area contributed by atoms with Gasteiger partial charge in [0.25, 0.3) is 0 Å². The van der Waals surface area contributed by atoms with E-state index in [1.54, 1.807) is 6.20 Å². The summed E-state index contributed by atoms with van der Waals surface area (Å²) < 4.78 is 0. The minimum absolute atomic E-state index is 0.0118. The SMILES string of the molecule is CC[C@H](C(=O)Nc1ccc(N2CCCN(C(=O)C3CC3)CC2)nc1)c1ccccc1. The minimum atomic E-state index is -0.175. The van der Waals surface area contributed by atoms with Gasteiger partial charge in [-0.05, 0) is 43.4 Å². The van der Waals surface area contributed by atoms with E-state index in [4.69, 9.17) is 0 Å². The Hall–Kier alpha value is -2.89. The average molecular weight is 407 g/mol. The van der Waals surface area contributed by atoms with Crippen molar-refractivity contribution in [3.05, 3.63) is 54.2 Å². The summed E-state index contributed by atoms with van der Waals surface area (Å²) >= 11 is 0. The summed E-state index contributed by atoms with van der Waals surface area (Å²) in [4.78, 5) is 33.9. The Labute approximate surface area is 178 Å². The Kier molecular flexibility index (Phi) is 6.31. The predicted octanol–water partition coefficient (Wildman–Crippen LogP) is 3.66. The zero-order chi connectivity index (χ0) is 20.9. The van der Waals surface area contributed by atoms with Gasteiger partial charge in [0.05, 0.1) is 17.8 Å². The first kappa shape index (κ1) is 20.4. The van der Waals surface area contributed by atoms with E-state index in [2.05, 4.69) is 15.2 Å². The van der Waals surface area contributed by atoms with E-state index in [-0.39, 0.29) is 17.7 Å². The molecule has 4 rings (SSSR count). The summed E-state index contributed by atoms with van der Waals surface area (Å²) in [6, 6.07) is 13.7. The molecule has 0 unspecified atom stereocenters. The number of anilines is 2. The second-order valence-electron chi connectivity index (χ2n) is 8.21. The molecule has 0 radical (unpaired) electrons. The largest absolute Gasteiger partial charge is 0.355 e. The Balaban J connectivity index is 1.35. The molecule has 1 aliphatic carbocycles. The number of carbonyl (C=O) groups excluding carboxylic acids is 2. The molecule has 2 aromatic rings. The number of benzene rings is 1. The van der Waals surface area contributed by atoms with E-state index >= 15 is 0 Å². The second-order valence-corrected chi connectivity index (χ2v) is 8.21. The van der Waals surface area contributed by atoms with E-state index in [0.29, 0.717) is 11.6 Å². The van der Waals surface area contributed by atoms with Gasteiger partial charge in [-0.1, -0.05) is 37.3 Å². The molecule has 1 aromatic carbocycles. The molecule has 1 N–H and O–H groups in total. The van der Waals surface area contributed by atoms with Gasteiger partial charge >= 0.3 is 0 Å². The third-order valence-corrected chi connectivity index (χ3v) is 6.00. The summed E-state index contributed by atoms with van der Waals surface area (Å²) in [6.45, 7) is 5.29. The molecule has 2 amide bonds. The molecule has 2 fully saturated rings. The number of amides is 2. The highest BCUT2D eigenvalue weighted by atomic mass is 16.2. The highest BCUT2D eigenvalue weighted by Gasteiger charge is 2.34. The molecule has 6 heteroatoms. The van der Waals surface area contributed by atoms with Crippen LogP contribution in [-0.2, 0) is 9.59 Å². The predicted molar refractivity (Wildman–Crippen MR) is 118 cm³/mol. The fourth-order valence-electron chi connectivity index (χ4n) is 4.09. The molecule has 2 heterocycles. The van der Waals surface area contributed by atoms with Crippen molar-refractivity contribution in [3.63, 3.8) is 0 Å². The highest BCUT2D eigenvalue weighted by molar-refractivity contribution is 5.95. The van der Waals surface area contributed by atoms with Gasteiger partial charge in [-0.3, -0.25) is 9.59 Å². The molecule has 1 aliphatic heterocycles. The van der Waals surface area contributed by atoms with Crippen LogP contribution in [0.1, 0.15) is 44.1 Å². The van der Waals surface area contributed by atoms with Crippen LogP contribution in [0.2, 0.25) is 0 Å². The number of pyridine rings is 1. The monoisotopic (exact) mass is 406 g/mol. The third-order valence-electron chi connectivity index (χ3n) is 6.00. The Morgan fingerprint density at radius 3 is 2.53 bits per heavy atom. The number of carbonyl (C=O) groups is 2. The van der Waals surface area contributed by atoms with Gasteiger partial charge in [-0.2, -0.15) is 0 Å². The molecule has 0 spiro atoms. The summed E-state index contributed by atoms with van der Waals surface area (Å²) in [5.41, 5.74) is 1.73. The standard InChI is InChI=1S/C24H30N4O2/c1-2-21(18-7-4-3-5-8-18)23(29)26-20-11-12-22(25-17-20)27-13-6-14-28(16-15-27)24(30)19-9-10-19/h3-5,7-8,11-12,17,19,21H,2,6,9-10,13-16H2,1H3,(H,26,29)/t21-/m0/s1. The van der Waals surface area contributed by atoms with Crippen LogP contribution < -0.4 is 10.2 Å². The van der Waals surface area contributed by atoms with Crippen LogP contribution in [0.3, 0.4) is 0 Å². The molecular weight excluding hydrogens is 376 g/mol. The van der Waals surface area contributed by atoms with E-state index in [1.807, 2.05) is 54.3 Å². The lowest BCUT2D eigenvalue weighted by Crippen LogP contribution is -2.36. The van der Waals surface area contributed by atoms with Gasteiger partial charge in [0.2, 0.25) is 11.8 Å². The Bertz CT molecular complexity index is 865. The first-order valence-corrected chi connectivity index (χ1v) is 11.0. The maximum absolute atomic E-state index is 12.7. The van der Waals surface area contributed by atoms with Crippen molar-refractivity contribution >= 4 is 23.3 Å². The summed E-state index contributed by atoms with van der Waals surface area (Å²) in [7, 11) is 0. The number of aromatic nitrogens is 1. The highest BCUT2D eigenvalue weighted by Crippen LogP contribution is 2.31. The van der Waals surface area contributed by atoms with Crippen molar-refractivity contribution in [2.45, 2.75) is 38.5 Å². The van der Waals surface area contributed by atoms with Crippen LogP contribution in [0.5, 0.6) is 0 Å². The number of nitrogens with one attached hydrogen (secondary N) is 1. The lowest BCUT2D eigenvalue weighted by Gasteiger charge is -2.23. The summed E-state index contributed by atoms with van der Waals surface area (Å²) in [6.07, 6.45) is 5.52. The molecule has 1 aromatic heterocycles. The van der Waals surface area contributed by atoms with Crippen LogP contribution in [0, 0.1) is 5.92 Å². The Morgan fingerprint density at radius 2 is 1.87 bits per heavy atom. The zero-order valence-corrected chi connectivity index (χ0v) is 17.6. The maximum atomic E-state index is 12.7. The van der Waals surface area contributed by atoms with E-state index < -0.39 is 0 Å². The van der Waals surface area contributed by atoms with Gasteiger partial charge in [0, 0.05) is 32.1 Å². The van der Waals surface area contributed by atoms with Gasteiger partial charge in [0.15, 0.2) is 0 Å². The van der Waals surface area contributed by atoms with Gasteiger partial charge in [-0.15, -0.1) is 0 Å². The molecule has 30 heavy (non-hydrogen) atoms. The maximum Gasteiger partial charge on any atom is 0.231 e. The summed E-state index contributed by atoms with van der Waals surface area (Å²) in [5.74, 6) is 1.31. The Morgan fingerprint density at radius 1 is 1.07 bits per heavy atom. The number of hydrogen-bond donors (Lipinski definition) is 1. The molecule has 6 nitrogen and oxygen atoms in total. The zero-order valence-electron chi connectivity index (χ0n) is 17.6. The van der Waals surface area contributed by atoms with Gasteiger partial charge in [0.1, 0.15) is 5.82 Å². The topological polar surface area (TPSA) is 65.5 Å². The van der Waals surface area contributed by atoms with Crippen LogP contribution in [0.15, 0.2) is 48.7 Å². The van der Waals surface area contributed by atoms with E-state index in [9.17, 15) is 9.59 Å². The van der Waals surface area contributed by atoms with Crippen molar-refractivity contribution < 1.29 is 9.59 Å². The van der Waals surface area contributed by atoms with Crippen molar-refractivity contribution in [3.8, 4) is 0 Å². The van der Waals surface area contributed by atoms with Crippen LogP contribution in [-0.4, -0.2) is 47.9 Å². The molecular formula is C24H30N4O2. The average Bonchev–Trinajstić information content (AvgIpc) is 3.62. The molecule has 1 saturated heterocycles. The van der Waals surface area contributed by atoms with Gasteiger partial charge < -0.3 is 15.1 Å². The number of hydrogen-bond acceptors (Lipinski definition) is 4. The lowest BCUT2D eigenvalue weighted by atomic mass is 9.95. The third kappa shape index (κ3) is 4.81. The lowest BCUT2D eigenvalue weighted by molar-refractivity contribution is -0.132. The van der Waals surface area contributed by atoms with E-state index in [0.717, 1.165) is 63.2 Å². The molecule has 0 bridgehead atoms. The normalized spacial score (nSPS) is 17.9. The molecule has 158 valence electrons. The second kappa shape index (κ2) is 9.28. The van der Waals surface area contributed by atoms with Crippen LogP contribution in [0.4, 0.5) is 11.5 Å². The van der Waals surface area contributed by atoms with Crippen LogP contribution in [0.25, 0.3) is 0 Å². The summed E-state index contributed by atoms with van der Waals surface area (Å²) in [5, 5.41) is 3.00.